The van der Waals surface area contributed by atoms with Crippen LogP contribution in [0.15, 0.2) is 29.4 Å². The Balaban J connectivity index is 1.71. The van der Waals surface area contributed by atoms with Gasteiger partial charge in [0.1, 0.15) is 18.0 Å². The molecule has 1 fully saturated rings. The van der Waals surface area contributed by atoms with Crippen LogP contribution < -0.4 is 4.74 Å². The summed E-state index contributed by atoms with van der Waals surface area (Å²) in [6, 6.07) is 5.17. The minimum atomic E-state index is -4.77. The molecule has 0 unspecified atom stereocenters. The maximum absolute atomic E-state index is 13.1. The zero-order valence-corrected chi connectivity index (χ0v) is 19.2. The number of hydrogen-bond donors (Lipinski definition) is 0. The van der Waals surface area contributed by atoms with Crippen molar-refractivity contribution < 1.29 is 37.0 Å². The first-order valence-electron chi connectivity index (χ1n) is 10.8. The van der Waals surface area contributed by atoms with E-state index in [-0.39, 0.29) is 68.4 Å². The van der Waals surface area contributed by atoms with Crippen molar-refractivity contribution in [3.8, 4) is 5.75 Å². The Kier molecular flexibility index (Phi) is 7.80. The van der Waals surface area contributed by atoms with Gasteiger partial charge in [-0.3, -0.25) is 14.4 Å². The van der Waals surface area contributed by atoms with Crippen molar-refractivity contribution in [3.63, 3.8) is 0 Å². The van der Waals surface area contributed by atoms with E-state index in [9.17, 15) is 27.6 Å². The lowest BCUT2D eigenvalue weighted by molar-refractivity contribution is -0.274. The van der Waals surface area contributed by atoms with Gasteiger partial charge >= 0.3 is 6.36 Å². The van der Waals surface area contributed by atoms with Crippen LogP contribution in [0.2, 0.25) is 0 Å². The number of alkyl halides is 3. The van der Waals surface area contributed by atoms with Crippen LogP contribution >= 0.6 is 0 Å². The van der Waals surface area contributed by atoms with E-state index in [2.05, 4.69) is 9.84 Å². The van der Waals surface area contributed by atoms with Crippen molar-refractivity contribution >= 4 is 23.4 Å². The molecule has 9 nitrogen and oxygen atoms in total. The van der Waals surface area contributed by atoms with Gasteiger partial charge in [-0.1, -0.05) is 12.1 Å². The van der Waals surface area contributed by atoms with E-state index in [1.165, 1.54) is 36.2 Å². The fraction of sp³-hybridized carbons (Fsp3) is 0.545. The lowest BCUT2D eigenvalue weighted by Crippen LogP contribution is -2.45. The molecule has 0 N–H and O–H groups in total. The highest BCUT2D eigenvalue weighted by atomic mass is 19.4. The lowest BCUT2D eigenvalue weighted by atomic mass is 10.1. The van der Waals surface area contributed by atoms with E-state index >= 15 is 0 Å². The Labute approximate surface area is 195 Å². The van der Waals surface area contributed by atoms with Gasteiger partial charge in [-0.05, 0) is 31.5 Å². The number of ether oxygens (including phenoxy) is 2. The Morgan fingerprint density at radius 2 is 1.79 bits per heavy atom. The number of rotatable bonds is 6. The van der Waals surface area contributed by atoms with E-state index in [0.29, 0.717) is 5.56 Å². The molecular formula is C22H27F3N4O5. The Hall–Kier alpha value is -3.15. The SMILES string of the molecule is CC(C)N1C[C@@H](OCc2ccc(OC(F)(F)F)cc2)CN(C(=O)C2=NN(C)C(=O)CC2)CC1=O. The molecule has 34 heavy (non-hydrogen) atoms. The zero-order valence-electron chi connectivity index (χ0n) is 19.2. The van der Waals surface area contributed by atoms with Gasteiger partial charge in [0.25, 0.3) is 5.91 Å². The van der Waals surface area contributed by atoms with Crippen molar-refractivity contribution in [2.75, 3.05) is 26.7 Å². The molecular weight excluding hydrogens is 457 g/mol. The number of hydrazone groups is 1. The maximum Gasteiger partial charge on any atom is 0.573 e. The summed E-state index contributed by atoms with van der Waals surface area (Å²) in [5, 5.41) is 5.17. The van der Waals surface area contributed by atoms with Crippen LogP contribution in [0, 0.1) is 0 Å². The lowest BCUT2D eigenvalue weighted by Gasteiger charge is -2.27. The van der Waals surface area contributed by atoms with Crippen molar-refractivity contribution in [1.82, 2.24) is 14.8 Å². The summed E-state index contributed by atoms with van der Waals surface area (Å²) in [4.78, 5) is 40.6. The van der Waals surface area contributed by atoms with Crippen molar-refractivity contribution in [2.24, 2.45) is 5.10 Å². The molecule has 186 valence electrons. The highest BCUT2D eigenvalue weighted by molar-refractivity contribution is 6.39. The van der Waals surface area contributed by atoms with Crippen molar-refractivity contribution in [3.05, 3.63) is 29.8 Å². The smallest absolute Gasteiger partial charge is 0.406 e. The predicted molar refractivity (Wildman–Crippen MR) is 115 cm³/mol. The molecule has 1 aromatic rings. The Morgan fingerprint density at radius 3 is 2.38 bits per heavy atom. The van der Waals surface area contributed by atoms with Gasteiger partial charge in [-0.15, -0.1) is 13.2 Å². The van der Waals surface area contributed by atoms with E-state index < -0.39 is 18.4 Å². The molecule has 3 rings (SSSR count). The minimum absolute atomic E-state index is 0.0668. The number of amides is 3. The van der Waals surface area contributed by atoms with Crippen LogP contribution in [0.25, 0.3) is 0 Å². The second kappa shape index (κ2) is 10.4. The van der Waals surface area contributed by atoms with E-state index in [0.717, 1.165) is 5.01 Å². The first-order valence-corrected chi connectivity index (χ1v) is 10.8. The van der Waals surface area contributed by atoms with Crippen LogP contribution in [-0.2, 0) is 25.7 Å². The number of nitrogens with zero attached hydrogens (tertiary/aromatic N) is 4. The second-order valence-corrected chi connectivity index (χ2v) is 8.41. The Bertz CT molecular complexity index is 949. The molecule has 12 heteroatoms. The molecule has 0 aliphatic carbocycles. The number of halogens is 3. The summed E-state index contributed by atoms with van der Waals surface area (Å²) in [6.45, 7) is 4.02. The van der Waals surface area contributed by atoms with Crippen molar-refractivity contribution in [2.45, 2.75) is 51.8 Å². The molecule has 1 saturated heterocycles. The summed E-state index contributed by atoms with van der Waals surface area (Å²) in [5.41, 5.74) is 0.808. The third-order valence-electron chi connectivity index (χ3n) is 5.48. The largest absolute Gasteiger partial charge is 0.573 e. The standard InChI is InChI=1S/C22H27F3N4O5/c1-14(2)29-11-17(33-13-15-4-6-16(7-5-15)34-22(23,24)25)10-28(12-20(29)31)21(32)18-8-9-19(30)27(3)26-18/h4-7,14,17H,8-13H2,1-3H3/t17-/m0/s1. The normalized spacial score (nSPS) is 19.9. The molecule has 3 amide bonds. The molecule has 0 aromatic heterocycles. The number of benzene rings is 1. The third-order valence-corrected chi connectivity index (χ3v) is 5.48. The van der Waals surface area contributed by atoms with Crippen LogP contribution in [0.4, 0.5) is 13.2 Å². The molecule has 0 radical (unpaired) electrons. The summed E-state index contributed by atoms with van der Waals surface area (Å²) in [7, 11) is 1.47. The van der Waals surface area contributed by atoms with Crippen LogP contribution in [0.3, 0.4) is 0 Å². The predicted octanol–water partition coefficient (Wildman–Crippen LogP) is 2.16. The Morgan fingerprint density at radius 1 is 1.12 bits per heavy atom. The quantitative estimate of drug-likeness (QED) is 0.617. The minimum Gasteiger partial charge on any atom is -0.406 e. The molecule has 2 heterocycles. The first kappa shape index (κ1) is 25.5. The highest BCUT2D eigenvalue weighted by Crippen LogP contribution is 2.23. The monoisotopic (exact) mass is 484 g/mol. The van der Waals surface area contributed by atoms with Gasteiger partial charge in [-0.2, -0.15) is 5.10 Å². The van der Waals surface area contributed by atoms with Crippen molar-refractivity contribution in [1.29, 1.82) is 0 Å². The van der Waals surface area contributed by atoms with Gasteiger partial charge in [-0.25, -0.2) is 5.01 Å². The van der Waals surface area contributed by atoms with Crippen LogP contribution in [0.1, 0.15) is 32.3 Å². The fourth-order valence-electron chi connectivity index (χ4n) is 3.71. The van der Waals surface area contributed by atoms with E-state index in [4.69, 9.17) is 4.74 Å². The molecule has 0 spiro atoms. The molecule has 0 bridgehead atoms. The molecule has 0 saturated carbocycles. The fourth-order valence-corrected chi connectivity index (χ4v) is 3.71. The summed E-state index contributed by atoms with van der Waals surface area (Å²) in [6.07, 6.45) is -4.95. The molecule has 1 atom stereocenters. The first-order chi connectivity index (χ1) is 15.9. The highest BCUT2D eigenvalue weighted by Gasteiger charge is 2.35. The number of hydrogen-bond acceptors (Lipinski definition) is 6. The number of carbonyl (C=O) groups excluding carboxylic acids is 3. The third kappa shape index (κ3) is 6.69. The van der Waals surface area contributed by atoms with Gasteiger partial charge in [0.2, 0.25) is 11.8 Å². The van der Waals surface area contributed by atoms with Gasteiger partial charge in [0, 0.05) is 39.0 Å². The average Bonchev–Trinajstić information content (AvgIpc) is 2.92. The molecule has 1 aromatic carbocycles. The maximum atomic E-state index is 13.1. The van der Waals surface area contributed by atoms with Gasteiger partial charge < -0.3 is 19.3 Å². The second-order valence-electron chi connectivity index (χ2n) is 8.41. The van der Waals surface area contributed by atoms with Crippen LogP contribution in [-0.4, -0.2) is 83.4 Å². The van der Waals surface area contributed by atoms with Gasteiger partial charge in [0.15, 0.2) is 0 Å². The van der Waals surface area contributed by atoms with Crippen LogP contribution in [0.5, 0.6) is 5.75 Å². The van der Waals surface area contributed by atoms with E-state index in [1.807, 2.05) is 13.8 Å². The average molecular weight is 484 g/mol. The topological polar surface area (TPSA) is 91.8 Å². The summed E-state index contributed by atoms with van der Waals surface area (Å²) >= 11 is 0. The number of carbonyl (C=O) groups is 3. The summed E-state index contributed by atoms with van der Waals surface area (Å²) < 4.78 is 46.9. The molecule has 2 aliphatic heterocycles. The zero-order chi connectivity index (χ0) is 25.0. The summed E-state index contributed by atoms with van der Waals surface area (Å²) in [5.74, 6) is -1.19. The van der Waals surface area contributed by atoms with E-state index in [1.54, 1.807) is 4.90 Å². The van der Waals surface area contributed by atoms with Gasteiger partial charge in [0.05, 0.1) is 12.7 Å². The molecule has 2 aliphatic rings.